The van der Waals surface area contributed by atoms with Gasteiger partial charge in [-0.25, -0.2) is 0 Å². The molecule has 0 aromatic rings. The summed E-state index contributed by atoms with van der Waals surface area (Å²) in [7, 11) is 0. The second-order valence-corrected chi connectivity index (χ2v) is 3.56. The van der Waals surface area contributed by atoms with Crippen molar-refractivity contribution in [2.45, 2.75) is 26.3 Å². The van der Waals surface area contributed by atoms with Gasteiger partial charge in [-0.2, -0.15) is 0 Å². The van der Waals surface area contributed by atoms with Crippen molar-refractivity contribution < 1.29 is 0 Å². The number of hydrogen-bond donors (Lipinski definition) is 2. The normalized spacial score (nSPS) is 34.8. The van der Waals surface area contributed by atoms with Crippen LogP contribution in [0.2, 0.25) is 0 Å². The van der Waals surface area contributed by atoms with Crippen LogP contribution in [0.4, 0.5) is 0 Å². The average Bonchev–Trinajstić information content (AvgIpc) is 1.88. The molecule has 2 atom stereocenters. The van der Waals surface area contributed by atoms with E-state index in [0.717, 1.165) is 24.9 Å². The van der Waals surface area contributed by atoms with Gasteiger partial charge in [-0.15, -0.1) is 0 Å². The fourth-order valence-corrected chi connectivity index (χ4v) is 1.73. The molecule has 0 aromatic heterocycles. The molecular formula is C8H18N2. The maximum absolute atomic E-state index is 5.92. The van der Waals surface area contributed by atoms with Crippen molar-refractivity contribution >= 4 is 0 Å². The molecule has 0 amide bonds. The van der Waals surface area contributed by atoms with E-state index in [4.69, 9.17) is 5.73 Å². The van der Waals surface area contributed by atoms with Gasteiger partial charge in [0.25, 0.3) is 0 Å². The van der Waals surface area contributed by atoms with E-state index in [9.17, 15) is 0 Å². The molecule has 60 valence electrons. The quantitative estimate of drug-likeness (QED) is 0.562. The Labute approximate surface area is 63.2 Å². The first-order chi connectivity index (χ1) is 4.72. The van der Waals surface area contributed by atoms with Gasteiger partial charge in [0.15, 0.2) is 0 Å². The van der Waals surface area contributed by atoms with Crippen molar-refractivity contribution in [2.24, 2.45) is 17.6 Å². The molecule has 0 aliphatic carbocycles. The molecule has 10 heavy (non-hydrogen) atoms. The van der Waals surface area contributed by atoms with Crippen molar-refractivity contribution in [1.29, 1.82) is 0 Å². The third-order valence-corrected chi connectivity index (χ3v) is 2.44. The molecule has 0 radical (unpaired) electrons. The molecule has 0 aromatic carbocycles. The van der Waals surface area contributed by atoms with Crippen molar-refractivity contribution in [2.75, 3.05) is 13.1 Å². The average molecular weight is 142 g/mol. The van der Waals surface area contributed by atoms with Crippen LogP contribution >= 0.6 is 0 Å². The Hall–Kier alpha value is -0.0800. The maximum atomic E-state index is 5.92. The number of piperidine rings is 1. The minimum atomic E-state index is 0.383. The maximum Gasteiger partial charge on any atom is 0.0196 e. The monoisotopic (exact) mass is 142 g/mol. The Kier molecular flexibility index (Phi) is 2.69. The van der Waals surface area contributed by atoms with Gasteiger partial charge >= 0.3 is 0 Å². The second kappa shape index (κ2) is 3.35. The molecule has 2 heteroatoms. The first-order valence-electron chi connectivity index (χ1n) is 4.18. The predicted octanol–water partition coefficient (Wildman–Crippen LogP) is 0.579. The first kappa shape index (κ1) is 8.02. The summed E-state index contributed by atoms with van der Waals surface area (Å²) in [5.41, 5.74) is 5.92. The zero-order valence-corrected chi connectivity index (χ0v) is 6.93. The number of rotatable bonds is 1. The molecule has 0 bridgehead atoms. The molecule has 1 heterocycles. The first-order valence-corrected chi connectivity index (χ1v) is 4.18. The zero-order valence-electron chi connectivity index (χ0n) is 6.93. The van der Waals surface area contributed by atoms with Crippen molar-refractivity contribution in [1.82, 2.24) is 5.32 Å². The highest BCUT2D eigenvalue weighted by molar-refractivity contribution is 4.82. The molecule has 0 unspecified atom stereocenters. The Bertz CT molecular complexity index is 101. The van der Waals surface area contributed by atoms with Crippen LogP contribution in [0.1, 0.15) is 20.3 Å². The van der Waals surface area contributed by atoms with Crippen LogP contribution < -0.4 is 11.1 Å². The van der Waals surface area contributed by atoms with E-state index in [1.807, 2.05) is 0 Å². The summed E-state index contributed by atoms with van der Waals surface area (Å²) in [6.07, 6.45) is 1.25. The Morgan fingerprint density at radius 1 is 1.50 bits per heavy atom. The lowest BCUT2D eigenvalue weighted by atomic mass is 9.84. The molecular weight excluding hydrogens is 124 g/mol. The predicted molar refractivity (Wildman–Crippen MR) is 43.8 cm³/mol. The molecule has 3 N–H and O–H groups in total. The topological polar surface area (TPSA) is 38.0 Å². The van der Waals surface area contributed by atoms with E-state index < -0.39 is 0 Å². The fourth-order valence-electron chi connectivity index (χ4n) is 1.73. The Morgan fingerprint density at radius 2 is 2.20 bits per heavy atom. The smallest absolute Gasteiger partial charge is 0.0196 e. The van der Waals surface area contributed by atoms with Gasteiger partial charge in [-0.1, -0.05) is 13.8 Å². The lowest BCUT2D eigenvalue weighted by Crippen LogP contribution is -2.47. The zero-order chi connectivity index (χ0) is 7.56. The van der Waals surface area contributed by atoms with E-state index in [0.29, 0.717) is 6.04 Å². The summed E-state index contributed by atoms with van der Waals surface area (Å²) in [6, 6.07) is 0.383. The summed E-state index contributed by atoms with van der Waals surface area (Å²) in [6.45, 7) is 6.67. The van der Waals surface area contributed by atoms with Crippen LogP contribution in [0.25, 0.3) is 0 Å². The molecule has 0 spiro atoms. The van der Waals surface area contributed by atoms with Gasteiger partial charge in [0.2, 0.25) is 0 Å². The SMILES string of the molecule is CC(C)[C@@H]1CCNC[C@H]1N. The summed E-state index contributed by atoms with van der Waals surface area (Å²) >= 11 is 0. The Balaban J connectivity index is 2.40. The van der Waals surface area contributed by atoms with Crippen molar-refractivity contribution in [3.8, 4) is 0 Å². The van der Waals surface area contributed by atoms with Crippen molar-refractivity contribution in [3.63, 3.8) is 0 Å². The van der Waals surface area contributed by atoms with Crippen LogP contribution in [-0.2, 0) is 0 Å². The van der Waals surface area contributed by atoms with Crippen LogP contribution in [0.3, 0.4) is 0 Å². The molecule has 1 aliphatic rings. The third-order valence-electron chi connectivity index (χ3n) is 2.44. The van der Waals surface area contributed by atoms with Gasteiger partial charge < -0.3 is 11.1 Å². The molecule has 2 nitrogen and oxygen atoms in total. The second-order valence-electron chi connectivity index (χ2n) is 3.56. The van der Waals surface area contributed by atoms with Gasteiger partial charge in [0, 0.05) is 12.6 Å². The molecule has 1 fully saturated rings. The van der Waals surface area contributed by atoms with E-state index in [1.54, 1.807) is 0 Å². The van der Waals surface area contributed by atoms with Gasteiger partial charge in [0.1, 0.15) is 0 Å². The highest BCUT2D eigenvalue weighted by atomic mass is 14.9. The summed E-state index contributed by atoms with van der Waals surface area (Å²) in [4.78, 5) is 0. The standard InChI is InChI=1S/C8H18N2/c1-6(2)7-3-4-10-5-8(7)9/h6-8,10H,3-5,9H2,1-2H3/t7-,8+/m0/s1. The van der Waals surface area contributed by atoms with Crippen LogP contribution in [0.15, 0.2) is 0 Å². The summed E-state index contributed by atoms with van der Waals surface area (Å²) in [5.74, 6) is 1.48. The lowest BCUT2D eigenvalue weighted by Gasteiger charge is -2.32. The van der Waals surface area contributed by atoms with Gasteiger partial charge in [0.05, 0.1) is 0 Å². The third kappa shape index (κ3) is 1.70. The van der Waals surface area contributed by atoms with Crippen LogP contribution in [-0.4, -0.2) is 19.1 Å². The van der Waals surface area contributed by atoms with E-state index in [-0.39, 0.29) is 0 Å². The highest BCUT2D eigenvalue weighted by Gasteiger charge is 2.23. The van der Waals surface area contributed by atoms with E-state index >= 15 is 0 Å². The number of nitrogens with two attached hydrogens (primary N) is 1. The van der Waals surface area contributed by atoms with E-state index in [2.05, 4.69) is 19.2 Å². The van der Waals surface area contributed by atoms with Gasteiger partial charge in [-0.05, 0) is 24.8 Å². The minimum Gasteiger partial charge on any atom is -0.326 e. The number of hydrogen-bond acceptors (Lipinski definition) is 2. The minimum absolute atomic E-state index is 0.383. The fraction of sp³-hybridized carbons (Fsp3) is 1.00. The van der Waals surface area contributed by atoms with Crippen LogP contribution in [0, 0.1) is 11.8 Å². The van der Waals surface area contributed by atoms with Crippen molar-refractivity contribution in [3.05, 3.63) is 0 Å². The van der Waals surface area contributed by atoms with Crippen LogP contribution in [0.5, 0.6) is 0 Å². The largest absolute Gasteiger partial charge is 0.326 e. The summed E-state index contributed by atoms with van der Waals surface area (Å²) < 4.78 is 0. The molecule has 1 saturated heterocycles. The Morgan fingerprint density at radius 3 is 2.60 bits per heavy atom. The summed E-state index contributed by atoms with van der Waals surface area (Å²) in [5, 5.41) is 3.29. The molecule has 0 saturated carbocycles. The van der Waals surface area contributed by atoms with E-state index in [1.165, 1.54) is 6.42 Å². The highest BCUT2D eigenvalue weighted by Crippen LogP contribution is 2.19. The number of nitrogens with one attached hydrogen (secondary N) is 1. The van der Waals surface area contributed by atoms with Gasteiger partial charge in [-0.3, -0.25) is 0 Å². The molecule has 1 rings (SSSR count). The lowest BCUT2D eigenvalue weighted by molar-refractivity contribution is 0.253. The molecule has 1 aliphatic heterocycles.